The van der Waals surface area contributed by atoms with Crippen molar-refractivity contribution in [3.63, 3.8) is 0 Å². The predicted octanol–water partition coefficient (Wildman–Crippen LogP) is 4.81. The van der Waals surface area contributed by atoms with Gasteiger partial charge in [0.2, 0.25) is 0 Å². The molecule has 0 radical (unpaired) electrons. The van der Waals surface area contributed by atoms with E-state index in [1.54, 1.807) is 24.3 Å². The number of rotatable bonds is 6. The monoisotopic (exact) mass is 417 g/mol. The number of carbonyl (C=O) groups is 2. The van der Waals surface area contributed by atoms with Crippen LogP contribution in [0.4, 0.5) is 11.5 Å². The Morgan fingerprint density at radius 1 is 0.935 bits per heavy atom. The van der Waals surface area contributed by atoms with Crippen LogP contribution in [-0.2, 0) is 0 Å². The first-order valence-corrected chi connectivity index (χ1v) is 10.2. The number of ether oxygens (including phenoxy) is 1. The lowest BCUT2D eigenvalue weighted by atomic mass is 10.1. The fourth-order valence-corrected chi connectivity index (χ4v) is 3.53. The van der Waals surface area contributed by atoms with Crippen molar-refractivity contribution in [2.75, 3.05) is 23.3 Å². The van der Waals surface area contributed by atoms with Crippen molar-refractivity contribution in [1.29, 1.82) is 0 Å². The Bertz CT molecular complexity index is 1060. The summed E-state index contributed by atoms with van der Waals surface area (Å²) in [6.07, 6.45) is 5.03. The fourth-order valence-electron chi connectivity index (χ4n) is 3.53. The summed E-state index contributed by atoms with van der Waals surface area (Å²) in [4.78, 5) is 31.0. The lowest BCUT2D eigenvalue weighted by molar-refractivity contribution is 0.0698. The molecular weight excluding hydrogens is 394 g/mol. The molecule has 1 aliphatic rings. The number of aromatic carboxylic acids is 1. The second-order valence-electron chi connectivity index (χ2n) is 7.33. The summed E-state index contributed by atoms with van der Waals surface area (Å²) in [5.74, 6) is 0.309. The molecule has 2 aromatic carbocycles. The van der Waals surface area contributed by atoms with E-state index in [9.17, 15) is 14.7 Å². The second-order valence-corrected chi connectivity index (χ2v) is 7.33. The molecule has 1 aromatic heterocycles. The SMILES string of the molecule is O=C(Nc1cc(Oc2ccccc2)ccc1C(=O)O)c1ccc(N2CCCCC2)nc1. The molecule has 0 atom stereocenters. The van der Waals surface area contributed by atoms with Crippen LogP contribution in [0.3, 0.4) is 0 Å². The average Bonchev–Trinajstić information content (AvgIpc) is 2.80. The molecule has 0 bridgehead atoms. The molecule has 7 nitrogen and oxygen atoms in total. The highest BCUT2D eigenvalue weighted by Crippen LogP contribution is 2.27. The van der Waals surface area contributed by atoms with Crippen LogP contribution < -0.4 is 15.0 Å². The van der Waals surface area contributed by atoms with E-state index in [1.807, 2.05) is 24.3 Å². The van der Waals surface area contributed by atoms with E-state index in [0.29, 0.717) is 17.1 Å². The van der Waals surface area contributed by atoms with E-state index in [-0.39, 0.29) is 11.3 Å². The van der Waals surface area contributed by atoms with Gasteiger partial charge in [-0.3, -0.25) is 4.79 Å². The van der Waals surface area contributed by atoms with E-state index in [4.69, 9.17) is 4.74 Å². The topological polar surface area (TPSA) is 91.8 Å². The summed E-state index contributed by atoms with van der Waals surface area (Å²) in [5.41, 5.74) is 0.490. The number of aromatic nitrogens is 1. The normalized spacial score (nSPS) is 13.5. The standard InChI is InChI=1S/C24H23N3O4/c28-23(17-9-12-22(25-16-17)27-13-5-2-6-14-27)26-21-15-19(10-11-20(21)24(29)30)31-18-7-3-1-4-8-18/h1,3-4,7-12,15-16H,2,5-6,13-14H2,(H,26,28)(H,29,30). The van der Waals surface area contributed by atoms with Gasteiger partial charge >= 0.3 is 5.97 Å². The maximum atomic E-state index is 12.7. The number of anilines is 2. The maximum absolute atomic E-state index is 12.7. The third kappa shape index (κ3) is 5.01. The zero-order valence-electron chi connectivity index (χ0n) is 17.0. The number of pyridine rings is 1. The number of piperidine rings is 1. The molecule has 2 heterocycles. The minimum absolute atomic E-state index is 0.0216. The Hall–Kier alpha value is -3.87. The lowest BCUT2D eigenvalue weighted by Gasteiger charge is -2.27. The second kappa shape index (κ2) is 9.30. The number of hydrogen-bond donors (Lipinski definition) is 2. The van der Waals surface area contributed by atoms with Gasteiger partial charge in [0.15, 0.2) is 0 Å². The summed E-state index contributed by atoms with van der Waals surface area (Å²) in [6.45, 7) is 1.93. The van der Waals surface area contributed by atoms with Crippen LogP contribution in [0, 0.1) is 0 Å². The highest BCUT2D eigenvalue weighted by molar-refractivity contribution is 6.07. The van der Waals surface area contributed by atoms with Gasteiger partial charge in [-0.15, -0.1) is 0 Å². The molecule has 1 fully saturated rings. The van der Waals surface area contributed by atoms with Gasteiger partial charge in [-0.1, -0.05) is 18.2 Å². The van der Waals surface area contributed by atoms with Crippen LogP contribution in [-0.4, -0.2) is 35.1 Å². The van der Waals surface area contributed by atoms with Crippen LogP contribution in [0.15, 0.2) is 66.9 Å². The van der Waals surface area contributed by atoms with Crippen molar-refractivity contribution in [3.05, 3.63) is 78.0 Å². The number of hydrogen-bond acceptors (Lipinski definition) is 5. The maximum Gasteiger partial charge on any atom is 0.337 e. The highest BCUT2D eigenvalue weighted by Gasteiger charge is 2.17. The van der Waals surface area contributed by atoms with Gasteiger partial charge in [-0.05, 0) is 55.7 Å². The largest absolute Gasteiger partial charge is 0.478 e. The van der Waals surface area contributed by atoms with Gasteiger partial charge in [0.05, 0.1) is 16.8 Å². The van der Waals surface area contributed by atoms with Crippen LogP contribution in [0.5, 0.6) is 11.5 Å². The quantitative estimate of drug-likeness (QED) is 0.598. The number of nitrogens with one attached hydrogen (secondary N) is 1. The number of amides is 1. The van der Waals surface area contributed by atoms with Gasteiger partial charge in [-0.25, -0.2) is 9.78 Å². The third-order valence-corrected chi connectivity index (χ3v) is 5.14. The van der Waals surface area contributed by atoms with Crippen molar-refractivity contribution in [1.82, 2.24) is 4.98 Å². The van der Waals surface area contributed by atoms with E-state index < -0.39 is 11.9 Å². The van der Waals surface area contributed by atoms with Crippen molar-refractivity contribution in [2.45, 2.75) is 19.3 Å². The van der Waals surface area contributed by atoms with Gasteiger partial charge < -0.3 is 20.1 Å². The molecule has 31 heavy (non-hydrogen) atoms. The van der Waals surface area contributed by atoms with E-state index in [2.05, 4.69) is 15.2 Å². The molecule has 0 unspecified atom stereocenters. The molecule has 0 saturated carbocycles. The van der Waals surface area contributed by atoms with Crippen molar-refractivity contribution in [3.8, 4) is 11.5 Å². The molecule has 0 spiro atoms. The number of carboxylic acid groups (broad SMARTS) is 1. The Labute approximate surface area is 180 Å². The predicted molar refractivity (Wildman–Crippen MR) is 118 cm³/mol. The Morgan fingerprint density at radius 2 is 1.71 bits per heavy atom. The fraction of sp³-hybridized carbons (Fsp3) is 0.208. The Morgan fingerprint density at radius 3 is 2.39 bits per heavy atom. The number of para-hydroxylation sites is 1. The molecule has 1 saturated heterocycles. The first kappa shape index (κ1) is 20.4. The number of carbonyl (C=O) groups excluding carboxylic acids is 1. The van der Waals surface area contributed by atoms with E-state index in [1.165, 1.54) is 24.8 Å². The van der Waals surface area contributed by atoms with Crippen LogP contribution >= 0.6 is 0 Å². The van der Waals surface area contributed by atoms with Gasteiger partial charge in [0.1, 0.15) is 17.3 Å². The van der Waals surface area contributed by atoms with E-state index in [0.717, 1.165) is 31.7 Å². The molecular formula is C24H23N3O4. The van der Waals surface area contributed by atoms with Crippen LogP contribution in [0.1, 0.15) is 40.0 Å². The minimum atomic E-state index is -1.14. The van der Waals surface area contributed by atoms with Gasteiger partial charge in [-0.2, -0.15) is 0 Å². The van der Waals surface area contributed by atoms with E-state index >= 15 is 0 Å². The van der Waals surface area contributed by atoms with Crippen LogP contribution in [0.25, 0.3) is 0 Å². The lowest BCUT2D eigenvalue weighted by Crippen LogP contribution is -2.30. The molecule has 158 valence electrons. The van der Waals surface area contributed by atoms with Crippen LogP contribution in [0.2, 0.25) is 0 Å². The first-order valence-electron chi connectivity index (χ1n) is 10.2. The smallest absolute Gasteiger partial charge is 0.337 e. The van der Waals surface area contributed by atoms with Gasteiger partial charge in [0.25, 0.3) is 5.91 Å². The zero-order valence-corrected chi connectivity index (χ0v) is 17.0. The zero-order chi connectivity index (χ0) is 21.6. The van der Waals surface area contributed by atoms with Crippen molar-refractivity contribution >= 4 is 23.4 Å². The summed E-state index contributed by atoms with van der Waals surface area (Å²) in [7, 11) is 0. The third-order valence-electron chi connectivity index (χ3n) is 5.14. The molecule has 7 heteroatoms. The highest BCUT2D eigenvalue weighted by atomic mass is 16.5. The number of benzene rings is 2. The molecule has 1 amide bonds. The number of carboxylic acids is 1. The van der Waals surface area contributed by atoms with Gasteiger partial charge in [0, 0.05) is 25.4 Å². The Kier molecular flexibility index (Phi) is 6.12. The first-order chi connectivity index (χ1) is 15.1. The van der Waals surface area contributed by atoms with Crippen molar-refractivity contribution < 1.29 is 19.4 Å². The average molecular weight is 417 g/mol. The molecule has 3 aromatic rings. The summed E-state index contributed by atoms with van der Waals surface area (Å²) in [6, 6.07) is 17.1. The molecule has 0 aliphatic carbocycles. The Balaban J connectivity index is 1.52. The molecule has 1 aliphatic heterocycles. The molecule has 2 N–H and O–H groups in total. The molecule has 4 rings (SSSR count). The summed E-state index contributed by atoms with van der Waals surface area (Å²) >= 11 is 0. The summed E-state index contributed by atoms with van der Waals surface area (Å²) < 4.78 is 5.76. The van der Waals surface area contributed by atoms with Crippen molar-refractivity contribution in [2.24, 2.45) is 0 Å². The summed E-state index contributed by atoms with van der Waals surface area (Å²) in [5, 5.41) is 12.2. The minimum Gasteiger partial charge on any atom is -0.478 e. The number of nitrogens with zero attached hydrogens (tertiary/aromatic N) is 2.